The second kappa shape index (κ2) is 4.49. The fraction of sp³-hybridized carbons (Fsp3) is 0.909. The highest BCUT2D eigenvalue weighted by molar-refractivity contribution is 5.84. The van der Waals surface area contributed by atoms with Gasteiger partial charge in [-0.15, -0.1) is 0 Å². The SMILES string of the molecule is C[C@H]1C[C@H](C)CN(C(C)(C)C(=O)NN)C1. The number of hydrazine groups is 1. The second-order valence-electron chi connectivity index (χ2n) is 5.38. The number of nitrogens with zero attached hydrogens (tertiary/aromatic N) is 1. The molecule has 0 aromatic carbocycles. The van der Waals surface area contributed by atoms with E-state index in [9.17, 15) is 4.79 Å². The predicted molar refractivity (Wildman–Crippen MR) is 60.9 cm³/mol. The molecule has 1 aliphatic heterocycles. The molecule has 15 heavy (non-hydrogen) atoms. The van der Waals surface area contributed by atoms with Crippen LogP contribution < -0.4 is 11.3 Å². The molecule has 0 saturated carbocycles. The minimum Gasteiger partial charge on any atom is -0.293 e. The smallest absolute Gasteiger partial charge is 0.253 e. The van der Waals surface area contributed by atoms with E-state index in [4.69, 9.17) is 5.84 Å². The average Bonchev–Trinajstić information content (AvgIpc) is 2.15. The van der Waals surface area contributed by atoms with Crippen LogP contribution in [0.4, 0.5) is 0 Å². The van der Waals surface area contributed by atoms with Gasteiger partial charge in [-0.1, -0.05) is 13.8 Å². The first kappa shape index (κ1) is 12.5. The van der Waals surface area contributed by atoms with Crippen LogP contribution in [0.1, 0.15) is 34.1 Å². The Morgan fingerprint density at radius 2 is 1.80 bits per heavy atom. The van der Waals surface area contributed by atoms with Gasteiger partial charge in [0.05, 0.1) is 5.54 Å². The maximum atomic E-state index is 11.7. The molecular formula is C11H23N3O. The van der Waals surface area contributed by atoms with Gasteiger partial charge in [0.1, 0.15) is 0 Å². The van der Waals surface area contributed by atoms with Crippen LogP contribution in [-0.2, 0) is 4.79 Å². The van der Waals surface area contributed by atoms with E-state index in [1.807, 2.05) is 13.8 Å². The van der Waals surface area contributed by atoms with Crippen LogP contribution in [0.15, 0.2) is 0 Å². The van der Waals surface area contributed by atoms with Crippen molar-refractivity contribution >= 4 is 5.91 Å². The van der Waals surface area contributed by atoms with Crippen LogP contribution in [0, 0.1) is 11.8 Å². The molecule has 0 aromatic heterocycles. The molecule has 0 unspecified atom stereocenters. The number of hydrogen-bond donors (Lipinski definition) is 2. The number of nitrogens with one attached hydrogen (secondary N) is 1. The summed E-state index contributed by atoms with van der Waals surface area (Å²) in [7, 11) is 0. The summed E-state index contributed by atoms with van der Waals surface area (Å²) in [5, 5.41) is 0. The normalized spacial score (nSPS) is 28.9. The van der Waals surface area contributed by atoms with Crippen molar-refractivity contribution in [1.82, 2.24) is 10.3 Å². The number of likely N-dealkylation sites (tertiary alicyclic amines) is 1. The monoisotopic (exact) mass is 213 g/mol. The van der Waals surface area contributed by atoms with Crippen LogP contribution in [-0.4, -0.2) is 29.4 Å². The topological polar surface area (TPSA) is 58.4 Å². The molecule has 1 saturated heterocycles. The fourth-order valence-corrected chi connectivity index (χ4v) is 2.44. The van der Waals surface area contributed by atoms with Gasteiger partial charge in [-0.3, -0.25) is 15.1 Å². The van der Waals surface area contributed by atoms with Crippen molar-refractivity contribution in [2.75, 3.05) is 13.1 Å². The van der Waals surface area contributed by atoms with Gasteiger partial charge in [0, 0.05) is 13.1 Å². The quantitative estimate of drug-likeness (QED) is 0.404. The molecule has 0 aromatic rings. The van der Waals surface area contributed by atoms with E-state index in [1.54, 1.807) is 0 Å². The van der Waals surface area contributed by atoms with Gasteiger partial charge in [-0.25, -0.2) is 5.84 Å². The Hall–Kier alpha value is -0.610. The molecule has 4 nitrogen and oxygen atoms in total. The molecule has 3 N–H and O–H groups in total. The molecular weight excluding hydrogens is 190 g/mol. The number of piperidine rings is 1. The number of hydrogen-bond acceptors (Lipinski definition) is 3. The summed E-state index contributed by atoms with van der Waals surface area (Å²) >= 11 is 0. The van der Waals surface area contributed by atoms with Crippen LogP contribution in [0.5, 0.6) is 0 Å². The molecule has 4 heteroatoms. The molecule has 2 atom stereocenters. The maximum absolute atomic E-state index is 11.7. The number of rotatable bonds is 2. The summed E-state index contributed by atoms with van der Waals surface area (Å²) < 4.78 is 0. The summed E-state index contributed by atoms with van der Waals surface area (Å²) in [6.45, 7) is 10.3. The zero-order chi connectivity index (χ0) is 11.6. The first-order valence-corrected chi connectivity index (χ1v) is 5.64. The lowest BCUT2D eigenvalue weighted by Gasteiger charge is -2.43. The lowest BCUT2D eigenvalue weighted by Crippen LogP contribution is -2.59. The third-order valence-corrected chi connectivity index (χ3v) is 3.35. The molecule has 0 bridgehead atoms. The zero-order valence-electron chi connectivity index (χ0n) is 10.2. The van der Waals surface area contributed by atoms with Crippen molar-refractivity contribution in [2.24, 2.45) is 17.7 Å². The third-order valence-electron chi connectivity index (χ3n) is 3.35. The number of amides is 1. The first-order chi connectivity index (χ1) is 6.87. The Kier molecular flexibility index (Phi) is 3.73. The molecule has 0 radical (unpaired) electrons. The van der Waals surface area contributed by atoms with Crippen molar-refractivity contribution in [3.8, 4) is 0 Å². The van der Waals surface area contributed by atoms with Crippen molar-refractivity contribution in [3.05, 3.63) is 0 Å². The lowest BCUT2D eigenvalue weighted by molar-refractivity contribution is -0.133. The van der Waals surface area contributed by atoms with Crippen LogP contribution in [0.2, 0.25) is 0 Å². The van der Waals surface area contributed by atoms with Gasteiger partial charge in [0.25, 0.3) is 5.91 Å². The maximum Gasteiger partial charge on any atom is 0.253 e. The second-order valence-corrected chi connectivity index (χ2v) is 5.38. The summed E-state index contributed by atoms with van der Waals surface area (Å²) in [4.78, 5) is 13.9. The molecule has 1 rings (SSSR count). The third kappa shape index (κ3) is 2.69. The van der Waals surface area contributed by atoms with Crippen LogP contribution in [0.25, 0.3) is 0 Å². The van der Waals surface area contributed by atoms with E-state index in [1.165, 1.54) is 6.42 Å². The molecule has 88 valence electrons. The van der Waals surface area contributed by atoms with Gasteiger partial charge in [0.2, 0.25) is 0 Å². The Morgan fingerprint density at radius 3 is 2.20 bits per heavy atom. The Balaban J connectivity index is 2.73. The van der Waals surface area contributed by atoms with E-state index in [0.717, 1.165) is 13.1 Å². The zero-order valence-corrected chi connectivity index (χ0v) is 10.2. The number of carbonyl (C=O) groups excluding carboxylic acids is 1. The summed E-state index contributed by atoms with van der Waals surface area (Å²) in [6, 6.07) is 0. The molecule has 1 fully saturated rings. The van der Waals surface area contributed by atoms with Gasteiger partial charge in [-0.2, -0.15) is 0 Å². The van der Waals surface area contributed by atoms with Gasteiger partial charge in [-0.05, 0) is 32.1 Å². The van der Waals surface area contributed by atoms with Crippen molar-refractivity contribution in [1.29, 1.82) is 0 Å². The first-order valence-electron chi connectivity index (χ1n) is 5.64. The standard InChI is InChI=1S/C11H23N3O/c1-8-5-9(2)7-14(6-8)11(3,4)10(15)13-12/h8-9H,5-7,12H2,1-4H3,(H,13,15)/t8-,9-/m0/s1. The summed E-state index contributed by atoms with van der Waals surface area (Å²) in [6.07, 6.45) is 1.25. The van der Waals surface area contributed by atoms with E-state index in [-0.39, 0.29) is 5.91 Å². The van der Waals surface area contributed by atoms with E-state index >= 15 is 0 Å². The largest absolute Gasteiger partial charge is 0.293 e. The summed E-state index contributed by atoms with van der Waals surface area (Å²) in [5.74, 6) is 6.40. The number of nitrogens with two attached hydrogens (primary N) is 1. The van der Waals surface area contributed by atoms with Crippen molar-refractivity contribution < 1.29 is 4.79 Å². The predicted octanol–water partition coefficient (Wildman–Crippen LogP) is 0.733. The molecule has 0 aliphatic carbocycles. The van der Waals surface area contributed by atoms with E-state index in [0.29, 0.717) is 11.8 Å². The van der Waals surface area contributed by atoms with Gasteiger partial charge >= 0.3 is 0 Å². The van der Waals surface area contributed by atoms with Crippen molar-refractivity contribution in [2.45, 2.75) is 39.7 Å². The Bertz CT molecular complexity index is 230. The van der Waals surface area contributed by atoms with Crippen LogP contribution >= 0.6 is 0 Å². The molecule has 1 amide bonds. The number of carbonyl (C=O) groups is 1. The molecule has 0 spiro atoms. The van der Waals surface area contributed by atoms with Crippen LogP contribution in [0.3, 0.4) is 0 Å². The van der Waals surface area contributed by atoms with E-state index in [2.05, 4.69) is 24.2 Å². The van der Waals surface area contributed by atoms with Crippen molar-refractivity contribution in [3.63, 3.8) is 0 Å². The lowest BCUT2D eigenvalue weighted by atomic mass is 9.88. The summed E-state index contributed by atoms with van der Waals surface area (Å²) in [5.41, 5.74) is 1.75. The van der Waals surface area contributed by atoms with E-state index < -0.39 is 5.54 Å². The minimum atomic E-state index is -0.502. The van der Waals surface area contributed by atoms with Gasteiger partial charge < -0.3 is 0 Å². The molecule has 1 aliphatic rings. The highest BCUT2D eigenvalue weighted by Gasteiger charge is 2.37. The fourth-order valence-electron chi connectivity index (χ4n) is 2.44. The highest BCUT2D eigenvalue weighted by Crippen LogP contribution is 2.27. The average molecular weight is 213 g/mol. The van der Waals surface area contributed by atoms with Gasteiger partial charge in [0.15, 0.2) is 0 Å². The Morgan fingerprint density at radius 1 is 1.33 bits per heavy atom. The minimum absolute atomic E-state index is 0.108. The highest BCUT2D eigenvalue weighted by atomic mass is 16.2. The Labute approximate surface area is 92.2 Å². The molecule has 1 heterocycles.